The lowest BCUT2D eigenvalue weighted by molar-refractivity contribution is -0.120. The van der Waals surface area contributed by atoms with Gasteiger partial charge in [-0.3, -0.25) is 9.79 Å². The third-order valence-electron chi connectivity index (χ3n) is 4.09. The van der Waals surface area contributed by atoms with Gasteiger partial charge in [-0.15, -0.1) is 24.0 Å². The Labute approximate surface area is 179 Å². The fourth-order valence-electron chi connectivity index (χ4n) is 2.71. The van der Waals surface area contributed by atoms with E-state index >= 15 is 0 Å². The molecule has 0 bridgehead atoms. The van der Waals surface area contributed by atoms with Crippen molar-refractivity contribution in [3.8, 4) is 0 Å². The van der Waals surface area contributed by atoms with Gasteiger partial charge >= 0.3 is 0 Å². The van der Waals surface area contributed by atoms with Crippen molar-refractivity contribution in [1.29, 1.82) is 0 Å². The van der Waals surface area contributed by atoms with Crippen LogP contribution in [0, 0.1) is 0 Å². The molecule has 3 N–H and O–H groups in total. The van der Waals surface area contributed by atoms with Crippen molar-refractivity contribution in [3.63, 3.8) is 0 Å². The summed E-state index contributed by atoms with van der Waals surface area (Å²) in [4.78, 5) is 16.0. The zero-order valence-electron chi connectivity index (χ0n) is 15.9. The highest BCUT2D eigenvalue weighted by Gasteiger charge is 2.14. The first-order valence-electron chi connectivity index (χ1n) is 9.05. The topological polar surface area (TPSA) is 65.5 Å². The number of benzene rings is 2. The van der Waals surface area contributed by atoms with Crippen molar-refractivity contribution in [2.75, 3.05) is 26.7 Å². The number of guanidine groups is 1. The molecule has 0 saturated carbocycles. The minimum Gasteiger partial charge on any atom is -0.355 e. The van der Waals surface area contributed by atoms with Crippen LogP contribution < -0.4 is 16.0 Å². The number of hydrogen-bond donors (Lipinski definition) is 3. The molecule has 0 aliphatic heterocycles. The molecule has 0 radical (unpaired) electrons. The van der Waals surface area contributed by atoms with Crippen LogP contribution in [0.3, 0.4) is 0 Å². The normalized spacial score (nSPS) is 10.9. The largest absolute Gasteiger partial charge is 0.355 e. The van der Waals surface area contributed by atoms with Crippen LogP contribution >= 0.6 is 24.0 Å². The Balaban J connectivity index is 0.00000364. The number of nitrogens with zero attached hydrogens (tertiary/aromatic N) is 1. The summed E-state index contributed by atoms with van der Waals surface area (Å²) >= 11 is 0. The molecule has 146 valence electrons. The summed E-state index contributed by atoms with van der Waals surface area (Å²) in [6, 6.07) is 20.8. The second-order valence-corrected chi connectivity index (χ2v) is 6.03. The molecule has 0 aromatic heterocycles. The molecule has 27 heavy (non-hydrogen) atoms. The summed E-state index contributed by atoms with van der Waals surface area (Å²) in [5.41, 5.74) is 2.48. The summed E-state index contributed by atoms with van der Waals surface area (Å²) in [5, 5.41) is 9.24. The Morgan fingerprint density at radius 3 is 1.96 bits per heavy atom. The number of carbonyl (C=O) groups excluding carboxylic acids is 1. The Morgan fingerprint density at radius 1 is 0.926 bits per heavy atom. The smallest absolute Gasteiger partial charge is 0.239 e. The highest BCUT2D eigenvalue weighted by Crippen LogP contribution is 2.23. The SMILES string of the molecule is CCCNC(=O)CNC(=NC)NCC(c1ccccc1)c1ccccc1.I. The highest BCUT2D eigenvalue weighted by atomic mass is 127. The number of rotatable bonds is 8. The van der Waals surface area contributed by atoms with Gasteiger partial charge in [0.1, 0.15) is 0 Å². The van der Waals surface area contributed by atoms with E-state index in [4.69, 9.17) is 0 Å². The summed E-state index contributed by atoms with van der Waals surface area (Å²) < 4.78 is 0. The molecule has 0 unspecified atom stereocenters. The predicted molar refractivity (Wildman–Crippen MR) is 123 cm³/mol. The molecule has 0 aliphatic rings. The van der Waals surface area contributed by atoms with Gasteiger partial charge < -0.3 is 16.0 Å². The standard InChI is InChI=1S/C21H28N4O.HI/c1-3-14-23-20(26)16-25-21(22-2)24-15-19(17-10-6-4-7-11-17)18-12-8-5-9-13-18;/h4-13,19H,3,14-16H2,1-2H3,(H,23,26)(H2,22,24,25);1H. The van der Waals surface area contributed by atoms with Gasteiger partial charge in [0.15, 0.2) is 5.96 Å². The first kappa shape index (κ1) is 23.0. The van der Waals surface area contributed by atoms with E-state index in [2.05, 4.69) is 69.5 Å². The number of halogens is 1. The van der Waals surface area contributed by atoms with Gasteiger partial charge in [-0.2, -0.15) is 0 Å². The fourth-order valence-corrected chi connectivity index (χ4v) is 2.71. The van der Waals surface area contributed by atoms with Crippen molar-refractivity contribution >= 4 is 35.8 Å². The molecule has 2 rings (SSSR count). The van der Waals surface area contributed by atoms with Crippen LogP contribution in [0.2, 0.25) is 0 Å². The summed E-state index contributed by atoms with van der Waals surface area (Å²) in [6.45, 7) is 3.61. The quantitative estimate of drug-likeness (QED) is 0.309. The Hall–Kier alpha value is -2.09. The van der Waals surface area contributed by atoms with Crippen LogP contribution in [0.15, 0.2) is 65.7 Å². The summed E-state index contributed by atoms with van der Waals surface area (Å²) in [6.07, 6.45) is 0.925. The van der Waals surface area contributed by atoms with Crippen molar-refractivity contribution in [2.24, 2.45) is 4.99 Å². The molecular formula is C21H29IN4O. The van der Waals surface area contributed by atoms with Gasteiger partial charge in [-0.05, 0) is 17.5 Å². The van der Waals surface area contributed by atoms with E-state index in [0.717, 1.165) is 6.42 Å². The van der Waals surface area contributed by atoms with Gasteiger partial charge in [0.25, 0.3) is 0 Å². The van der Waals surface area contributed by atoms with Crippen LogP contribution in [-0.4, -0.2) is 38.5 Å². The Morgan fingerprint density at radius 2 is 1.48 bits per heavy atom. The first-order valence-corrected chi connectivity index (χ1v) is 9.05. The van der Waals surface area contributed by atoms with Crippen LogP contribution in [-0.2, 0) is 4.79 Å². The Bertz CT molecular complexity index is 652. The number of hydrogen-bond acceptors (Lipinski definition) is 2. The molecule has 0 saturated heterocycles. The minimum atomic E-state index is -0.0301. The van der Waals surface area contributed by atoms with Gasteiger partial charge in [0, 0.05) is 26.1 Å². The summed E-state index contributed by atoms with van der Waals surface area (Å²) in [5.74, 6) is 0.788. The molecule has 0 heterocycles. The van der Waals surface area contributed by atoms with E-state index in [1.54, 1.807) is 7.05 Å². The van der Waals surface area contributed by atoms with E-state index < -0.39 is 0 Å². The zero-order valence-corrected chi connectivity index (χ0v) is 18.3. The molecule has 6 heteroatoms. The molecule has 2 aromatic carbocycles. The van der Waals surface area contributed by atoms with Crippen LogP contribution in [0.5, 0.6) is 0 Å². The number of aliphatic imine (C=N–C) groups is 1. The maximum absolute atomic E-state index is 11.7. The molecule has 5 nitrogen and oxygen atoms in total. The van der Waals surface area contributed by atoms with E-state index in [1.807, 2.05) is 19.1 Å². The average molecular weight is 480 g/mol. The molecule has 0 fully saturated rings. The second kappa shape index (κ2) is 13.1. The number of carbonyl (C=O) groups is 1. The van der Waals surface area contributed by atoms with Gasteiger partial charge in [0.05, 0.1) is 6.54 Å². The van der Waals surface area contributed by atoms with Crippen molar-refractivity contribution < 1.29 is 4.79 Å². The van der Waals surface area contributed by atoms with E-state index in [1.165, 1.54) is 11.1 Å². The number of amides is 1. The van der Waals surface area contributed by atoms with Gasteiger partial charge in [0.2, 0.25) is 5.91 Å². The van der Waals surface area contributed by atoms with E-state index in [-0.39, 0.29) is 42.3 Å². The third-order valence-corrected chi connectivity index (χ3v) is 4.09. The molecular weight excluding hydrogens is 451 g/mol. The summed E-state index contributed by atoms with van der Waals surface area (Å²) in [7, 11) is 1.71. The molecule has 0 aliphatic carbocycles. The van der Waals surface area contributed by atoms with E-state index in [9.17, 15) is 4.79 Å². The molecule has 2 aromatic rings. The zero-order chi connectivity index (χ0) is 18.6. The Kier molecular flexibility index (Phi) is 11.2. The lowest BCUT2D eigenvalue weighted by atomic mass is 9.91. The van der Waals surface area contributed by atoms with Crippen LogP contribution in [0.1, 0.15) is 30.4 Å². The maximum atomic E-state index is 11.7. The van der Waals surface area contributed by atoms with Gasteiger partial charge in [-0.25, -0.2) is 0 Å². The highest BCUT2D eigenvalue weighted by molar-refractivity contribution is 14.0. The maximum Gasteiger partial charge on any atom is 0.239 e. The fraction of sp³-hybridized carbons (Fsp3) is 0.333. The van der Waals surface area contributed by atoms with Gasteiger partial charge in [-0.1, -0.05) is 67.6 Å². The number of nitrogens with one attached hydrogen (secondary N) is 3. The van der Waals surface area contributed by atoms with Crippen LogP contribution in [0.4, 0.5) is 0 Å². The second-order valence-electron chi connectivity index (χ2n) is 6.03. The minimum absolute atomic E-state index is 0. The van der Waals surface area contributed by atoms with Crippen molar-refractivity contribution in [2.45, 2.75) is 19.3 Å². The molecule has 0 atom stereocenters. The monoisotopic (exact) mass is 480 g/mol. The average Bonchev–Trinajstić information content (AvgIpc) is 2.70. The van der Waals surface area contributed by atoms with Crippen LogP contribution in [0.25, 0.3) is 0 Å². The van der Waals surface area contributed by atoms with Crippen molar-refractivity contribution in [1.82, 2.24) is 16.0 Å². The first-order chi connectivity index (χ1) is 12.7. The third kappa shape index (κ3) is 7.99. The lowest BCUT2D eigenvalue weighted by Gasteiger charge is -2.20. The predicted octanol–water partition coefficient (Wildman–Crippen LogP) is 3.13. The molecule has 0 spiro atoms. The lowest BCUT2D eigenvalue weighted by Crippen LogP contribution is -2.44. The van der Waals surface area contributed by atoms with E-state index in [0.29, 0.717) is 19.0 Å². The van der Waals surface area contributed by atoms with Crippen molar-refractivity contribution in [3.05, 3.63) is 71.8 Å². The molecule has 1 amide bonds.